The lowest BCUT2D eigenvalue weighted by molar-refractivity contribution is -0.138. The maximum absolute atomic E-state index is 11.9. The number of hydrogen-bond acceptors (Lipinski definition) is 6. The van der Waals surface area contributed by atoms with Gasteiger partial charge in [0.2, 0.25) is 0 Å². The second kappa shape index (κ2) is 10.1. The van der Waals surface area contributed by atoms with Gasteiger partial charge in [0.15, 0.2) is 6.61 Å². The van der Waals surface area contributed by atoms with Crippen molar-refractivity contribution < 1.29 is 23.5 Å². The summed E-state index contributed by atoms with van der Waals surface area (Å²) in [4.78, 5) is 34.4. The molecule has 2 aromatic rings. The van der Waals surface area contributed by atoms with Gasteiger partial charge >= 0.3 is 11.8 Å². The van der Waals surface area contributed by atoms with E-state index >= 15 is 0 Å². The lowest BCUT2D eigenvalue weighted by atomic mass is 10.2. The van der Waals surface area contributed by atoms with Gasteiger partial charge < -0.3 is 19.8 Å². The van der Waals surface area contributed by atoms with Crippen LogP contribution in [0.4, 0.5) is 0 Å². The average Bonchev–Trinajstić information content (AvgIpc) is 3.18. The molecule has 0 aliphatic heterocycles. The van der Waals surface area contributed by atoms with Gasteiger partial charge in [-0.2, -0.15) is 5.10 Å². The molecule has 0 saturated heterocycles. The first-order valence-corrected chi connectivity index (χ1v) is 8.55. The molecule has 0 atom stereocenters. The van der Waals surface area contributed by atoms with Crippen LogP contribution in [0.1, 0.15) is 11.3 Å². The van der Waals surface area contributed by atoms with Crippen LogP contribution in [0, 0.1) is 0 Å². The molecule has 9 nitrogen and oxygen atoms in total. The molecule has 1 aromatic carbocycles. The average molecular weight is 437 g/mol. The number of amides is 3. The third-order valence-corrected chi connectivity index (χ3v) is 3.67. The number of likely N-dealkylation sites (N-methyl/N-ethyl adjacent to an activating group) is 1. The van der Waals surface area contributed by atoms with Crippen molar-refractivity contribution in [3.63, 3.8) is 0 Å². The van der Waals surface area contributed by atoms with Crippen molar-refractivity contribution >= 4 is 39.9 Å². The lowest BCUT2D eigenvalue weighted by Gasteiger charge is -2.09. The summed E-state index contributed by atoms with van der Waals surface area (Å²) >= 11 is 3.32. The van der Waals surface area contributed by atoms with E-state index in [1.165, 1.54) is 19.5 Å². The van der Waals surface area contributed by atoms with E-state index in [2.05, 4.69) is 37.1 Å². The molecule has 1 heterocycles. The summed E-state index contributed by atoms with van der Waals surface area (Å²) in [6.07, 6.45) is 2.83. The van der Waals surface area contributed by atoms with E-state index in [0.717, 1.165) is 4.47 Å². The zero-order valence-electron chi connectivity index (χ0n) is 14.3. The molecule has 0 fully saturated rings. The van der Waals surface area contributed by atoms with Gasteiger partial charge in [-0.1, -0.05) is 15.9 Å². The molecule has 1 aromatic heterocycles. The Morgan fingerprint density at radius 2 is 2.07 bits per heavy atom. The molecule has 0 saturated carbocycles. The van der Waals surface area contributed by atoms with Crippen LogP contribution >= 0.6 is 15.9 Å². The number of halogens is 1. The number of rotatable bonds is 7. The van der Waals surface area contributed by atoms with Crippen LogP contribution < -0.4 is 20.8 Å². The molecular formula is C17H17BrN4O5. The molecule has 0 bridgehead atoms. The van der Waals surface area contributed by atoms with E-state index < -0.39 is 11.8 Å². The molecule has 142 valence electrons. The minimum absolute atomic E-state index is 0.215. The van der Waals surface area contributed by atoms with Gasteiger partial charge in [0.1, 0.15) is 11.5 Å². The van der Waals surface area contributed by atoms with Crippen LogP contribution in [-0.2, 0) is 20.9 Å². The number of nitrogens with one attached hydrogen (secondary N) is 3. The predicted molar refractivity (Wildman–Crippen MR) is 100.0 cm³/mol. The summed E-state index contributed by atoms with van der Waals surface area (Å²) in [5.74, 6) is -1.03. The number of ether oxygens (including phenoxy) is 1. The van der Waals surface area contributed by atoms with Crippen LogP contribution in [0.25, 0.3) is 0 Å². The zero-order valence-corrected chi connectivity index (χ0v) is 15.9. The SMILES string of the molecule is CNC(=O)C(=O)N/N=C\c1cc(Br)ccc1OCC(=O)NCc1ccco1. The first kappa shape index (κ1) is 20.2. The molecule has 3 amide bonds. The molecule has 0 aliphatic rings. The highest BCUT2D eigenvalue weighted by molar-refractivity contribution is 9.10. The summed E-state index contributed by atoms with van der Waals surface area (Å²) < 4.78 is 11.4. The van der Waals surface area contributed by atoms with Crippen LogP contribution in [0.15, 0.2) is 50.6 Å². The minimum Gasteiger partial charge on any atom is -0.483 e. The van der Waals surface area contributed by atoms with Crippen LogP contribution in [0.2, 0.25) is 0 Å². The molecule has 0 radical (unpaired) electrons. The lowest BCUT2D eigenvalue weighted by Crippen LogP contribution is -2.35. The van der Waals surface area contributed by atoms with E-state index in [4.69, 9.17) is 9.15 Å². The highest BCUT2D eigenvalue weighted by Gasteiger charge is 2.10. The third kappa shape index (κ3) is 6.59. The van der Waals surface area contributed by atoms with Crippen molar-refractivity contribution in [2.24, 2.45) is 5.10 Å². The molecule has 2 rings (SSSR count). The Labute approximate surface area is 163 Å². The third-order valence-electron chi connectivity index (χ3n) is 3.17. The molecule has 0 spiro atoms. The summed E-state index contributed by atoms with van der Waals surface area (Å²) in [7, 11) is 1.34. The van der Waals surface area contributed by atoms with Crippen molar-refractivity contribution in [3.8, 4) is 5.75 Å². The number of furan rings is 1. The quantitative estimate of drug-likeness (QED) is 0.338. The molecule has 3 N–H and O–H groups in total. The Hall–Kier alpha value is -3.14. The fourth-order valence-corrected chi connectivity index (χ4v) is 2.25. The molecule has 10 heteroatoms. The summed E-state index contributed by atoms with van der Waals surface area (Å²) in [6.45, 7) is 0.0448. The number of benzene rings is 1. The summed E-state index contributed by atoms with van der Waals surface area (Å²) in [6, 6.07) is 8.54. The van der Waals surface area contributed by atoms with Gasteiger partial charge in [0, 0.05) is 17.1 Å². The number of hydrazone groups is 1. The maximum Gasteiger partial charge on any atom is 0.329 e. The van der Waals surface area contributed by atoms with Crippen LogP contribution in [0.5, 0.6) is 5.75 Å². The topological polar surface area (TPSA) is 122 Å². The highest BCUT2D eigenvalue weighted by Crippen LogP contribution is 2.21. The van der Waals surface area contributed by atoms with Gasteiger partial charge in [0.25, 0.3) is 5.91 Å². The normalized spacial score (nSPS) is 10.4. The fraction of sp³-hybridized carbons (Fsp3) is 0.176. The Morgan fingerprint density at radius 1 is 1.26 bits per heavy atom. The Kier molecular flexibility index (Phi) is 7.56. The van der Waals surface area contributed by atoms with Gasteiger partial charge in [-0.25, -0.2) is 5.43 Å². The molecular weight excluding hydrogens is 420 g/mol. The largest absolute Gasteiger partial charge is 0.483 e. The van der Waals surface area contributed by atoms with Crippen molar-refractivity contribution in [2.45, 2.75) is 6.54 Å². The first-order valence-electron chi connectivity index (χ1n) is 7.76. The maximum atomic E-state index is 11.9. The van der Waals surface area contributed by atoms with Gasteiger partial charge in [-0.05, 0) is 30.3 Å². The van der Waals surface area contributed by atoms with Crippen LogP contribution in [-0.4, -0.2) is 37.6 Å². The Bertz CT molecular complexity index is 836. The van der Waals surface area contributed by atoms with E-state index in [9.17, 15) is 14.4 Å². The first-order chi connectivity index (χ1) is 13.0. The van der Waals surface area contributed by atoms with Gasteiger partial charge in [-0.3, -0.25) is 14.4 Å². The monoisotopic (exact) mass is 436 g/mol. The molecule has 0 unspecified atom stereocenters. The van der Waals surface area contributed by atoms with Gasteiger partial charge in [0.05, 0.1) is 19.0 Å². The fourth-order valence-electron chi connectivity index (χ4n) is 1.87. The predicted octanol–water partition coefficient (Wildman–Crippen LogP) is 0.933. The number of nitrogens with zero attached hydrogens (tertiary/aromatic N) is 1. The van der Waals surface area contributed by atoms with E-state index in [1.54, 1.807) is 30.3 Å². The van der Waals surface area contributed by atoms with Gasteiger partial charge in [-0.15, -0.1) is 0 Å². The summed E-state index contributed by atoms with van der Waals surface area (Å²) in [5.41, 5.74) is 2.59. The van der Waals surface area contributed by atoms with Crippen molar-refractivity contribution in [1.82, 2.24) is 16.1 Å². The Balaban J connectivity index is 1.93. The Morgan fingerprint density at radius 3 is 2.78 bits per heavy atom. The zero-order chi connectivity index (χ0) is 19.6. The van der Waals surface area contributed by atoms with Crippen molar-refractivity contribution in [3.05, 3.63) is 52.4 Å². The molecule has 0 aliphatic carbocycles. The van der Waals surface area contributed by atoms with Crippen molar-refractivity contribution in [2.75, 3.05) is 13.7 Å². The van der Waals surface area contributed by atoms with Crippen LogP contribution in [0.3, 0.4) is 0 Å². The number of hydrogen-bond donors (Lipinski definition) is 3. The second-order valence-corrected chi connectivity index (χ2v) is 6.02. The minimum atomic E-state index is -0.900. The number of carbonyl (C=O) groups excluding carboxylic acids is 3. The summed E-state index contributed by atoms with van der Waals surface area (Å²) in [5, 5.41) is 8.55. The highest BCUT2D eigenvalue weighted by atomic mass is 79.9. The standard InChI is InChI=1S/C17H17BrN4O5/c1-19-16(24)17(25)22-21-8-11-7-12(18)4-5-14(11)27-10-15(23)20-9-13-3-2-6-26-13/h2-8H,9-10H2,1H3,(H,19,24)(H,20,23)(H,22,25)/b21-8-. The molecule has 27 heavy (non-hydrogen) atoms. The second-order valence-electron chi connectivity index (χ2n) is 5.11. The van der Waals surface area contributed by atoms with E-state index in [1.807, 2.05) is 0 Å². The van der Waals surface area contributed by atoms with Crippen molar-refractivity contribution in [1.29, 1.82) is 0 Å². The number of carbonyl (C=O) groups is 3. The van der Waals surface area contributed by atoms with E-state index in [0.29, 0.717) is 17.1 Å². The smallest absolute Gasteiger partial charge is 0.329 e. The van der Waals surface area contributed by atoms with E-state index in [-0.39, 0.29) is 19.1 Å².